The fourth-order valence-corrected chi connectivity index (χ4v) is 4.05. The van der Waals surface area contributed by atoms with Crippen molar-refractivity contribution < 1.29 is 13.9 Å². The summed E-state index contributed by atoms with van der Waals surface area (Å²) in [6.07, 6.45) is 1.91. The Morgan fingerprint density at radius 3 is 2.71 bits per heavy atom. The Bertz CT molecular complexity index is 1080. The third-order valence-electron chi connectivity index (χ3n) is 4.76. The lowest BCUT2D eigenvalue weighted by Crippen LogP contribution is -2.30. The normalized spacial score (nSPS) is 12.1. The molecule has 4 aromatic rings. The molecule has 1 N–H and O–H groups in total. The standard InChI is InChI=1S/C23H21NO3S/c1-15-5-7-16(8-6-15)23(21-4-3-11-28-21)24-22(25)12-17-14-27-20-13-18(26-2)9-10-19(17)20/h3-11,13-14,23H,12H2,1-2H3,(H,24,25)/t23-/m0/s1. The molecular weight excluding hydrogens is 370 g/mol. The molecule has 0 aliphatic carbocycles. The molecule has 4 rings (SSSR count). The molecule has 0 spiro atoms. The van der Waals surface area contributed by atoms with Gasteiger partial charge in [-0.05, 0) is 36.1 Å². The highest BCUT2D eigenvalue weighted by molar-refractivity contribution is 7.10. The summed E-state index contributed by atoms with van der Waals surface area (Å²) >= 11 is 1.64. The van der Waals surface area contributed by atoms with Gasteiger partial charge < -0.3 is 14.5 Å². The van der Waals surface area contributed by atoms with Crippen LogP contribution in [-0.4, -0.2) is 13.0 Å². The highest BCUT2D eigenvalue weighted by Crippen LogP contribution is 2.28. The molecule has 0 saturated carbocycles. The van der Waals surface area contributed by atoms with Crippen molar-refractivity contribution in [2.75, 3.05) is 7.11 Å². The van der Waals surface area contributed by atoms with Crippen LogP contribution < -0.4 is 10.1 Å². The Morgan fingerprint density at radius 1 is 1.18 bits per heavy atom. The van der Waals surface area contributed by atoms with Gasteiger partial charge in [0.05, 0.1) is 25.8 Å². The smallest absolute Gasteiger partial charge is 0.225 e. The number of thiophene rings is 1. The quantitative estimate of drug-likeness (QED) is 0.488. The van der Waals surface area contributed by atoms with Crippen LogP contribution in [0.1, 0.15) is 27.6 Å². The molecule has 2 aromatic carbocycles. The van der Waals surface area contributed by atoms with E-state index in [0.29, 0.717) is 0 Å². The molecule has 0 bridgehead atoms. The van der Waals surface area contributed by atoms with Gasteiger partial charge >= 0.3 is 0 Å². The monoisotopic (exact) mass is 391 g/mol. The van der Waals surface area contributed by atoms with Crippen molar-refractivity contribution in [2.45, 2.75) is 19.4 Å². The fraction of sp³-hybridized carbons (Fsp3) is 0.174. The number of benzene rings is 2. The molecule has 28 heavy (non-hydrogen) atoms. The van der Waals surface area contributed by atoms with E-state index in [1.807, 2.05) is 29.6 Å². The van der Waals surface area contributed by atoms with Gasteiger partial charge in [0.25, 0.3) is 0 Å². The van der Waals surface area contributed by atoms with Crippen LogP contribution in [0.4, 0.5) is 0 Å². The minimum Gasteiger partial charge on any atom is -0.497 e. The van der Waals surface area contributed by atoms with E-state index in [2.05, 4.69) is 42.6 Å². The van der Waals surface area contributed by atoms with E-state index in [0.717, 1.165) is 32.7 Å². The number of ether oxygens (including phenoxy) is 1. The maximum absolute atomic E-state index is 12.9. The molecule has 142 valence electrons. The van der Waals surface area contributed by atoms with Crippen LogP contribution in [0.3, 0.4) is 0 Å². The third kappa shape index (κ3) is 3.80. The van der Waals surface area contributed by atoms with Crippen molar-refractivity contribution in [1.29, 1.82) is 0 Å². The van der Waals surface area contributed by atoms with Crippen LogP contribution in [-0.2, 0) is 11.2 Å². The Balaban J connectivity index is 1.56. The summed E-state index contributed by atoms with van der Waals surface area (Å²) in [7, 11) is 1.62. The zero-order valence-electron chi connectivity index (χ0n) is 15.8. The summed E-state index contributed by atoms with van der Waals surface area (Å²) in [5.74, 6) is 0.687. The van der Waals surface area contributed by atoms with Gasteiger partial charge in [0, 0.05) is 21.9 Å². The first-order chi connectivity index (χ1) is 13.6. The van der Waals surface area contributed by atoms with Gasteiger partial charge in [-0.3, -0.25) is 4.79 Å². The van der Waals surface area contributed by atoms with Crippen LogP contribution in [0.2, 0.25) is 0 Å². The van der Waals surface area contributed by atoms with Gasteiger partial charge in [-0.15, -0.1) is 11.3 Å². The van der Waals surface area contributed by atoms with E-state index >= 15 is 0 Å². The number of fused-ring (bicyclic) bond motifs is 1. The SMILES string of the molecule is COc1ccc2c(CC(=O)N[C@@H](c3ccc(C)cc3)c3cccs3)coc2c1. The first-order valence-electron chi connectivity index (χ1n) is 9.07. The molecule has 5 heteroatoms. The first-order valence-corrected chi connectivity index (χ1v) is 9.95. The molecule has 4 nitrogen and oxygen atoms in total. The fourth-order valence-electron chi connectivity index (χ4n) is 3.25. The third-order valence-corrected chi connectivity index (χ3v) is 5.69. The van der Waals surface area contributed by atoms with E-state index < -0.39 is 0 Å². The highest BCUT2D eigenvalue weighted by Gasteiger charge is 2.19. The maximum Gasteiger partial charge on any atom is 0.225 e. The van der Waals surface area contributed by atoms with Crippen molar-refractivity contribution in [3.8, 4) is 5.75 Å². The van der Waals surface area contributed by atoms with Crippen molar-refractivity contribution >= 4 is 28.2 Å². The molecule has 0 fully saturated rings. The number of carbonyl (C=O) groups excluding carboxylic acids is 1. The zero-order valence-corrected chi connectivity index (χ0v) is 16.6. The number of carbonyl (C=O) groups is 1. The Labute approximate surface area is 167 Å². The molecule has 1 atom stereocenters. The number of furan rings is 1. The average Bonchev–Trinajstić information content (AvgIpc) is 3.37. The van der Waals surface area contributed by atoms with Crippen LogP contribution in [0.15, 0.2) is 70.7 Å². The number of amides is 1. The van der Waals surface area contributed by atoms with E-state index in [1.54, 1.807) is 24.7 Å². The molecule has 2 aromatic heterocycles. The second kappa shape index (κ2) is 7.90. The number of rotatable bonds is 6. The van der Waals surface area contributed by atoms with E-state index in [9.17, 15) is 4.79 Å². The summed E-state index contributed by atoms with van der Waals surface area (Å²) in [6, 6.07) is 17.8. The molecule has 1 amide bonds. The molecule has 0 aliphatic rings. The predicted molar refractivity (Wildman–Crippen MR) is 112 cm³/mol. The molecule has 0 saturated heterocycles. The minimum atomic E-state index is -0.161. The second-order valence-electron chi connectivity index (χ2n) is 6.73. The Hall–Kier alpha value is -3.05. The number of nitrogens with one attached hydrogen (secondary N) is 1. The lowest BCUT2D eigenvalue weighted by atomic mass is 10.0. The molecule has 0 aliphatic heterocycles. The lowest BCUT2D eigenvalue weighted by Gasteiger charge is -2.18. The summed E-state index contributed by atoms with van der Waals surface area (Å²) in [6.45, 7) is 2.06. The van der Waals surface area contributed by atoms with Gasteiger partial charge in [-0.2, -0.15) is 0 Å². The topological polar surface area (TPSA) is 51.5 Å². The second-order valence-corrected chi connectivity index (χ2v) is 7.71. The predicted octanol–water partition coefficient (Wildman–Crippen LogP) is 5.26. The largest absolute Gasteiger partial charge is 0.497 e. The van der Waals surface area contributed by atoms with Gasteiger partial charge in [0.2, 0.25) is 5.91 Å². The summed E-state index contributed by atoms with van der Waals surface area (Å²) < 4.78 is 10.8. The van der Waals surface area contributed by atoms with Gasteiger partial charge in [-0.25, -0.2) is 0 Å². The lowest BCUT2D eigenvalue weighted by molar-refractivity contribution is -0.120. The number of methoxy groups -OCH3 is 1. The van der Waals surface area contributed by atoms with Crippen LogP contribution in [0.25, 0.3) is 11.0 Å². The highest BCUT2D eigenvalue weighted by atomic mass is 32.1. The van der Waals surface area contributed by atoms with Crippen molar-refractivity contribution in [1.82, 2.24) is 5.32 Å². The Morgan fingerprint density at radius 2 is 2.00 bits per heavy atom. The molecular formula is C23H21NO3S. The minimum absolute atomic E-state index is 0.0440. The summed E-state index contributed by atoms with van der Waals surface area (Å²) in [5, 5.41) is 6.14. The maximum atomic E-state index is 12.9. The average molecular weight is 391 g/mol. The van der Waals surface area contributed by atoms with Gasteiger partial charge in [0.15, 0.2) is 0 Å². The number of aryl methyl sites for hydroxylation is 1. The molecule has 2 heterocycles. The first kappa shape index (κ1) is 18.3. The summed E-state index contributed by atoms with van der Waals surface area (Å²) in [4.78, 5) is 14.0. The van der Waals surface area contributed by atoms with E-state index in [1.165, 1.54) is 5.56 Å². The Kier molecular flexibility index (Phi) is 5.17. The van der Waals surface area contributed by atoms with Gasteiger partial charge in [0.1, 0.15) is 11.3 Å². The molecule has 0 radical (unpaired) electrons. The van der Waals surface area contributed by atoms with Crippen LogP contribution in [0.5, 0.6) is 5.75 Å². The van der Waals surface area contributed by atoms with Crippen LogP contribution in [0, 0.1) is 6.92 Å². The zero-order chi connectivity index (χ0) is 19.5. The van der Waals surface area contributed by atoms with Gasteiger partial charge in [-0.1, -0.05) is 35.9 Å². The van der Waals surface area contributed by atoms with Crippen LogP contribution >= 0.6 is 11.3 Å². The number of hydrogen-bond acceptors (Lipinski definition) is 4. The molecule has 0 unspecified atom stereocenters. The number of hydrogen-bond donors (Lipinski definition) is 1. The van der Waals surface area contributed by atoms with Crippen molar-refractivity contribution in [2.24, 2.45) is 0 Å². The van der Waals surface area contributed by atoms with E-state index in [-0.39, 0.29) is 18.4 Å². The van der Waals surface area contributed by atoms with Crippen molar-refractivity contribution in [3.05, 3.63) is 87.8 Å². The van der Waals surface area contributed by atoms with E-state index in [4.69, 9.17) is 9.15 Å². The summed E-state index contributed by atoms with van der Waals surface area (Å²) in [5.41, 5.74) is 3.85. The van der Waals surface area contributed by atoms with Crippen molar-refractivity contribution in [3.63, 3.8) is 0 Å².